The molecular formula is C9H19NOS. The molecule has 0 radical (unpaired) electrons. The van der Waals surface area contributed by atoms with Gasteiger partial charge in [-0.1, -0.05) is 0 Å². The zero-order chi connectivity index (χ0) is 9.56. The molecule has 0 heterocycles. The van der Waals surface area contributed by atoms with Crippen molar-refractivity contribution in [3.05, 3.63) is 0 Å². The average molecular weight is 189 g/mol. The molecule has 0 aliphatic rings. The molecule has 1 atom stereocenters. The highest BCUT2D eigenvalue weighted by molar-refractivity contribution is 7.98. The Morgan fingerprint density at radius 3 is 2.58 bits per heavy atom. The van der Waals surface area contributed by atoms with Crippen molar-refractivity contribution in [1.29, 1.82) is 0 Å². The zero-order valence-electron chi connectivity index (χ0n) is 8.46. The topological polar surface area (TPSA) is 20.3 Å². The quantitative estimate of drug-likeness (QED) is 0.633. The largest absolute Gasteiger partial charge is 0.302 e. The molecule has 0 aromatic heterocycles. The molecule has 0 saturated heterocycles. The molecule has 0 amide bonds. The highest BCUT2D eigenvalue weighted by Gasteiger charge is 2.09. The van der Waals surface area contributed by atoms with Crippen LogP contribution < -0.4 is 0 Å². The van der Waals surface area contributed by atoms with E-state index in [1.165, 1.54) is 0 Å². The first kappa shape index (κ1) is 12.0. The van der Waals surface area contributed by atoms with E-state index in [1.807, 2.05) is 11.8 Å². The van der Waals surface area contributed by atoms with Gasteiger partial charge in [0.1, 0.15) is 5.78 Å². The van der Waals surface area contributed by atoms with Gasteiger partial charge in [0, 0.05) is 24.8 Å². The first-order chi connectivity index (χ1) is 5.57. The highest BCUT2D eigenvalue weighted by atomic mass is 32.2. The number of Topliss-reactive ketones (excluding diaryl/α,β-unsaturated/α-hetero) is 1. The number of thioether (sulfide) groups is 1. The summed E-state index contributed by atoms with van der Waals surface area (Å²) in [5.74, 6) is 1.41. The lowest BCUT2D eigenvalue weighted by molar-refractivity contribution is -0.117. The van der Waals surface area contributed by atoms with E-state index in [2.05, 4.69) is 25.1 Å². The maximum atomic E-state index is 10.8. The van der Waals surface area contributed by atoms with Gasteiger partial charge in [-0.25, -0.2) is 0 Å². The summed E-state index contributed by atoms with van der Waals surface area (Å²) in [5, 5.41) is 0. The van der Waals surface area contributed by atoms with Crippen LogP contribution in [0.25, 0.3) is 0 Å². The van der Waals surface area contributed by atoms with Crippen LogP contribution in [0.4, 0.5) is 0 Å². The molecule has 0 aromatic carbocycles. The number of hydrogen-bond donors (Lipinski definition) is 0. The number of ketones is 1. The Bertz CT molecular complexity index is 138. The summed E-state index contributed by atoms with van der Waals surface area (Å²) in [5.41, 5.74) is 0. The number of rotatable bonds is 6. The molecule has 0 saturated carbocycles. The summed E-state index contributed by atoms with van der Waals surface area (Å²) >= 11 is 1.84. The minimum atomic E-state index is 0.276. The van der Waals surface area contributed by atoms with E-state index in [0.29, 0.717) is 12.5 Å². The van der Waals surface area contributed by atoms with Gasteiger partial charge in [0.25, 0.3) is 0 Å². The Morgan fingerprint density at radius 2 is 2.17 bits per heavy atom. The van der Waals surface area contributed by atoms with Gasteiger partial charge in [-0.2, -0.15) is 11.8 Å². The van der Waals surface area contributed by atoms with Crippen LogP contribution in [0.15, 0.2) is 0 Å². The second-order valence-electron chi connectivity index (χ2n) is 3.23. The summed E-state index contributed by atoms with van der Waals surface area (Å²) in [6, 6.07) is 0.384. The third-order valence-electron chi connectivity index (χ3n) is 1.98. The molecule has 0 fully saturated rings. The lowest BCUT2D eigenvalue weighted by Crippen LogP contribution is -2.32. The van der Waals surface area contributed by atoms with Crippen LogP contribution in [0.5, 0.6) is 0 Å². The number of nitrogens with zero attached hydrogens (tertiary/aromatic N) is 1. The van der Waals surface area contributed by atoms with Crippen LogP contribution in [-0.2, 0) is 4.79 Å². The van der Waals surface area contributed by atoms with Gasteiger partial charge < -0.3 is 4.90 Å². The summed E-state index contributed by atoms with van der Waals surface area (Å²) in [6.07, 6.45) is 2.77. The lowest BCUT2D eigenvalue weighted by Gasteiger charge is -2.23. The Kier molecular flexibility index (Phi) is 6.48. The van der Waals surface area contributed by atoms with Crippen LogP contribution >= 0.6 is 11.8 Å². The zero-order valence-corrected chi connectivity index (χ0v) is 9.28. The lowest BCUT2D eigenvalue weighted by atomic mass is 10.1. The summed E-state index contributed by atoms with van der Waals surface area (Å²) in [4.78, 5) is 13.0. The third kappa shape index (κ3) is 5.61. The molecule has 0 aromatic rings. The maximum Gasteiger partial charge on any atom is 0.131 e. The van der Waals surface area contributed by atoms with Crippen molar-refractivity contribution in [2.75, 3.05) is 25.6 Å². The van der Waals surface area contributed by atoms with Crippen molar-refractivity contribution in [3.63, 3.8) is 0 Å². The van der Waals surface area contributed by atoms with E-state index in [0.717, 1.165) is 12.3 Å². The highest BCUT2D eigenvalue weighted by Crippen LogP contribution is 2.03. The van der Waals surface area contributed by atoms with Crippen molar-refractivity contribution < 1.29 is 4.79 Å². The molecule has 0 bridgehead atoms. The van der Waals surface area contributed by atoms with Crippen molar-refractivity contribution in [1.82, 2.24) is 4.90 Å². The fraction of sp³-hybridized carbons (Fsp3) is 0.889. The molecule has 0 spiro atoms. The molecule has 2 nitrogen and oxygen atoms in total. The standard InChI is InChI=1S/C9H19NOS/c1-8(7-9(2)11)10(3)5-6-12-4/h8H,5-7H2,1-4H3. The van der Waals surface area contributed by atoms with Gasteiger partial charge in [-0.05, 0) is 27.2 Å². The first-order valence-electron chi connectivity index (χ1n) is 4.26. The third-order valence-corrected chi connectivity index (χ3v) is 2.57. The van der Waals surface area contributed by atoms with E-state index in [-0.39, 0.29) is 5.78 Å². The molecule has 0 aliphatic carbocycles. The van der Waals surface area contributed by atoms with Crippen LogP contribution in [0.2, 0.25) is 0 Å². The van der Waals surface area contributed by atoms with E-state index in [9.17, 15) is 4.79 Å². The number of carbonyl (C=O) groups excluding carboxylic acids is 1. The smallest absolute Gasteiger partial charge is 0.131 e. The molecule has 0 aliphatic heterocycles. The monoisotopic (exact) mass is 189 g/mol. The molecule has 1 unspecified atom stereocenters. The Morgan fingerprint density at radius 1 is 1.58 bits per heavy atom. The molecule has 0 rings (SSSR count). The van der Waals surface area contributed by atoms with Crippen molar-refractivity contribution in [2.24, 2.45) is 0 Å². The van der Waals surface area contributed by atoms with E-state index in [4.69, 9.17) is 0 Å². The van der Waals surface area contributed by atoms with E-state index >= 15 is 0 Å². The predicted octanol–water partition coefficient (Wildman–Crippen LogP) is 1.65. The van der Waals surface area contributed by atoms with Crippen LogP contribution in [0, 0.1) is 0 Å². The van der Waals surface area contributed by atoms with Gasteiger partial charge in [0.2, 0.25) is 0 Å². The minimum Gasteiger partial charge on any atom is -0.302 e. The SMILES string of the molecule is CSCCN(C)C(C)CC(C)=O. The second-order valence-corrected chi connectivity index (χ2v) is 4.21. The average Bonchev–Trinajstić information content (AvgIpc) is 1.98. The second kappa shape index (κ2) is 6.49. The van der Waals surface area contributed by atoms with E-state index < -0.39 is 0 Å². The minimum absolute atomic E-state index is 0.276. The normalized spacial score (nSPS) is 13.4. The van der Waals surface area contributed by atoms with Crippen LogP contribution in [0.3, 0.4) is 0 Å². The Labute approximate surface area is 79.7 Å². The summed E-state index contributed by atoms with van der Waals surface area (Å²) < 4.78 is 0. The summed E-state index contributed by atoms with van der Waals surface area (Å²) in [6.45, 7) is 4.82. The van der Waals surface area contributed by atoms with Crippen LogP contribution in [0.1, 0.15) is 20.3 Å². The molecule has 12 heavy (non-hydrogen) atoms. The van der Waals surface area contributed by atoms with Gasteiger partial charge in [-0.3, -0.25) is 4.79 Å². The molecule has 72 valence electrons. The van der Waals surface area contributed by atoms with Gasteiger partial charge in [0.05, 0.1) is 0 Å². The van der Waals surface area contributed by atoms with Crippen molar-refractivity contribution in [2.45, 2.75) is 26.3 Å². The fourth-order valence-electron chi connectivity index (χ4n) is 1.03. The first-order valence-corrected chi connectivity index (χ1v) is 5.66. The fourth-order valence-corrected chi connectivity index (χ4v) is 1.50. The number of hydrogen-bond acceptors (Lipinski definition) is 3. The molecule has 0 N–H and O–H groups in total. The number of carbonyl (C=O) groups is 1. The molecule has 3 heteroatoms. The summed E-state index contributed by atoms with van der Waals surface area (Å²) in [7, 11) is 2.07. The van der Waals surface area contributed by atoms with Crippen molar-refractivity contribution >= 4 is 17.5 Å². The van der Waals surface area contributed by atoms with Crippen LogP contribution in [-0.4, -0.2) is 42.3 Å². The van der Waals surface area contributed by atoms with Crippen molar-refractivity contribution in [3.8, 4) is 0 Å². The maximum absolute atomic E-state index is 10.8. The van der Waals surface area contributed by atoms with Gasteiger partial charge in [0.15, 0.2) is 0 Å². The Hall–Kier alpha value is -0.0200. The predicted molar refractivity (Wildman–Crippen MR) is 55.8 cm³/mol. The Balaban J connectivity index is 3.60. The van der Waals surface area contributed by atoms with Gasteiger partial charge in [-0.15, -0.1) is 0 Å². The van der Waals surface area contributed by atoms with Gasteiger partial charge >= 0.3 is 0 Å². The van der Waals surface area contributed by atoms with E-state index in [1.54, 1.807) is 6.92 Å². The molecular weight excluding hydrogens is 170 g/mol.